The van der Waals surface area contributed by atoms with Crippen LogP contribution in [0.4, 0.5) is 0 Å². The van der Waals surface area contributed by atoms with Crippen molar-refractivity contribution in [2.24, 2.45) is 0 Å². The van der Waals surface area contributed by atoms with E-state index in [0.717, 1.165) is 31.0 Å². The van der Waals surface area contributed by atoms with Gasteiger partial charge in [-0.3, -0.25) is 0 Å². The molecule has 0 N–H and O–H groups in total. The molecule has 3 rings (SSSR count). The van der Waals surface area contributed by atoms with Crippen LogP contribution in [0.5, 0.6) is 11.5 Å². The average molecular weight is 438 g/mol. The topological polar surface area (TPSA) is 21.7 Å². The molecule has 0 amide bonds. The standard InChI is InChI=1S/C22H31NO2S3/c1-23(13-10-18-8-9-19(24-2)20(17-18)25-3)12-5-11-22(21-7-4-14-26-21)27-15-6-16-28-22/h4,7-9,14,17H,5-6,10-13,15-16H2,1-3H3. The third kappa shape index (κ3) is 5.62. The van der Waals surface area contributed by atoms with Crippen LogP contribution in [0.3, 0.4) is 0 Å². The summed E-state index contributed by atoms with van der Waals surface area (Å²) < 4.78 is 11.0. The van der Waals surface area contributed by atoms with Crippen LogP contribution in [0, 0.1) is 0 Å². The predicted octanol–water partition coefficient (Wildman–Crippen LogP) is 5.74. The molecule has 1 aliphatic heterocycles. The van der Waals surface area contributed by atoms with E-state index in [2.05, 4.69) is 65.1 Å². The van der Waals surface area contributed by atoms with Crippen molar-refractivity contribution in [1.29, 1.82) is 0 Å². The number of methoxy groups -OCH3 is 2. The zero-order valence-corrected chi connectivity index (χ0v) is 19.6. The van der Waals surface area contributed by atoms with Crippen molar-refractivity contribution in [2.75, 3.05) is 45.9 Å². The molecule has 0 bridgehead atoms. The maximum Gasteiger partial charge on any atom is 0.160 e. The Hall–Kier alpha value is -0.820. The highest BCUT2D eigenvalue weighted by Gasteiger charge is 2.36. The lowest BCUT2D eigenvalue weighted by Gasteiger charge is -2.36. The SMILES string of the molecule is COc1ccc(CCN(C)CCCC2(c3cccs3)SCCCS2)cc1OC. The van der Waals surface area contributed by atoms with Gasteiger partial charge in [-0.2, -0.15) is 0 Å². The van der Waals surface area contributed by atoms with E-state index in [9.17, 15) is 0 Å². The quantitative estimate of drug-likeness (QED) is 0.471. The van der Waals surface area contributed by atoms with Crippen molar-refractivity contribution in [2.45, 2.75) is 29.8 Å². The van der Waals surface area contributed by atoms with E-state index >= 15 is 0 Å². The third-order valence-electron chi connectivity index (χ3n) is 5.13. The van der Waals surface area contributed by atoms with Gasteiger partial charge in [-0.25, -0.2) is 0 Å². The molecule has 0 unspecified atom stereocenters. The number of nitrogens with zero attached hydrogens (tertiary/aromatic N) is 1. The number of thiophene rings is 1. The molecule has 6 heteroatoms. The molecule has 1 aromatic carbocycles. The van der Waals surface area contributed by atoms with Gasteiger partial charge >= 0.3 is 0 Å². The number of hydrogen-bond acceptors (Lipinski definition) is 6. The van der Waals surface area contributed by atoms with E-state index in [1.54, 1.807) is 19.1 Å². The molecule has 0 saturated carbocycles. The van der Waals surface area contributed by atoms with Crippen molar-refractivity contribution in [3.05, 3.63) is 46.2 Å². The van der Waals surface area contributed by atoms with Gasteiger partial charge in [-0.15, -0.1) is 34.9 Å². The highest BCUT2D eigenvalue weighted by Crippen LogP contribution is 2.54. The second-order valence-electron chi connectivity index (χ2n) is 7.13. The number of ether oxygens (including phenoxy) is 2. The molecule has 3 nitrogen and oxygen atoms in total. The molecule has 1 aromatic heterocycles. The molecule has 28 heavy (non-hydrogen) atoms. The highest BCUT2D eigenvalue weighted by atomic mass is 32.2. The van der Waals surface area contributed by atoms with Gasteiger partial charge in [0.15, 0.2) is 11.5 Å². The van der Waals surface area contributed by atoms with Crippen LogP contribution in [0.15, 0.2) is 35.7 Å². The Morgan fingerprint density at radius 2 is 1.82 bits per heavy atom. The van der Waals surface area contributed by atoms with Crippen molar-refractivity contribution in [1.82, 2.24) is 4.90 Å². The van der Waals surface area contributed by atoms with E-state index in [4.69, 9.17) is 9.47 Å². The summed E-state index contributed by atoms with van der Waals surface area (Å²) in [6.45, 7) is 2.20. The van der Waals surface area contributed by atoms with E-state index in [0.29, 0.717) is 0 Å². The largest absolute Gasteiger partial charge is 0.493 e. The molecule has 2 heterocycles. The van der Waals surface area contributed by atoms with E-state index in [-0.39, 0.29) is 4.08 Å². The number of rotatable bonds is 10. The summed E-state index contributed by atoms with van der Waals surface area (Å²) in [5, 5.41) is 2.22. The maximum absolute atomic E-state index is 5.42. The first-order chi connectivity index (χ1) is 13.7. The zero-order valence-electron chi connectivity index (χ0n) is 17.1. The molecule has 0 atom stereocenters. The first-order valence-corrected chi connectivity index (χ1v) is 12.7. The van der Waals surface area contributed by atoms with Crippen LogP contribution in [0.1, 0.15) is 29.7 Å². The monoisotopic (exact) mass is 437 g/mol. The summed E-state index contributed by atoms with van der Waals surface area (Å²) in [7, 11) is 5.61. The van der Waals surface area contributed by atoms with Crippen LogP contribution < -0.4 is 9.47 Å². The lowest BCUT2D eigenvalue weighted by atomic mass is 10.1. The Morgan fingerprint density at radius 3 is 2.50 bits per heavy atom. The van der Waals surface area contributed by atoms with Crippen molar-refractivity contribution in [3.63, 3.8) is 0 Å². The van der Waals surface area contributed by atoms with Crippen LogP contribution in [-0.4, -0.2) is 50.8 Å². The van der Waals surface area contributed by atoms with Gasteiger partial charge in [0.25, 0.3) is 0 Å². The summed E-state index contributed by atoms with van der Waals surface area (Å²) in [5.74, 6) is 4.19. The smallest absolute Gasteiger partial charge is 0.160 e. The molecule has 2 aromatic rings. The van der Waals surface area contributed by atoms with Crippen LogP contribution in [-0.2, 0) is 10.5 Å². The third-order valence-corrected chi connectivity index (χ3v) is 9.90. The summed E-state index contributed by atoms with van der Waals surface area (Å²) in [4.78, 5) is 4.01. The summed E-state index contributed by atoms with van der Waals surface area (Å²) in [6.07, 6.45) is 4.86. The fourth-order valence-corrected chi connectivity index (χ4v) is 8.16. The van der Waals surface area contributed by atoms with Crippen molar-refractivity contribution >= 4 is 34.9 Å². The lowest BCUT2D eigenvalue weighted by molar-refractivity contribution is 0.327. The Kier molecular flexibility index (Phi) is 8.45. The molecule has 1 aliphatic rings. The lowest BCUT2D eigenvalue weighted by Crippen LogP contribution is -2.26. The summed E-state index contributed by atoms with van der Waals surface area (Å²) in [6, 6.07) is 10.8. The first kappa shape index (κ1) is 21.9. The van der Waals surface area contributed by atoms with Gasteiger partial charge in [0.05, 0.1) is 18.3 Å². The predicted molar refractivity (Wildman–Crippen MR) is 126 cm³/mol. The van der Waals surface area contributed by atoms with Gasteiger partial charge in [-0.05, 0) is 79.9 Å². The molecule has 1 fully saturated rings. The molecular weight excluding hydrogens is 406 g/mol. The molecule has 0 aliphatic carbocycles. The molecule has 154 valence electrons. The molecule has 1 saturated heterocycles. The Morgan fingerprint density at radius 1 is 1.04 bits per heavy atom. The van der Waals surface area contributed by atoms with E-state index in [1.165, 1.54) is 36.3 Å². The second-order valence-corrected chi connectivity index (χ2v) is 11.1. The molecular formula is C22H31NO2S3. The number of hydrogen-bond donors (Lipinski definition) is 0. The fraction of sp³-hybridized carbons (Fsp3) is 0.545. The number of likely N-dealkylation sites (N-methyl/N-ethyl adjacent to an activating group) is 1. The normalized spacial score (nSPS) is 16.3. The van der Waals surface area contributed by atoms with Crippen molar-refractivity contribution < 1.29 is 9.47 Å². The Balaban J connectivity index is 1.48. The minimum absolute atomic E-state index is 0.288. The van der Waals surface area contributed by atoms with Gasteiger partial charge in [-0.1, -0.05) is 12.1 Å². The fourth-order valence-electron chi connectivity index (χ4n) is 3.53. The van der Waals surface area contributed by atoms with Gasteiger partial charge in [0, 0.05) is 11.4 Å². The number of benzene rings is 1. The van der Waals surface area contributed by atoms with Gasteiger partial charge < -0.3 is 14.4 Å². The Labute approximate surface area is 182 Å². The summed E-state index contributed by atoms with van der Waals surface area (Å²) >= 11 is 6.26. The van der Waals surface area contributed by atoms with Crippen molar-refractivity contribution in [3.8, 4) is 11.5 Å². The minimum atomic E-state index is 0.288. The second kappa shape index (κ2) is 10.8. The van der Waals surface area contributed by atoms with E-state index in [1.807, 2.05) is 17.4 Å². The van der Waals surface area contributed by atoms with Crippen LogP contribution >= 0.6 is 34.9 Å². The minimum Gasteiger partial charge on any atom is -0.493 e. The number of thioether (sulfide) groups is 2. The van der Waals surface area contributed by atoms with Gasteiger partial charge in [0.2, 0.25) is 0 Å². The zero-order chi connectivity index (χ0) is 19.8. The van der Waals surface area contributed by atoms with Crippen LogP contribution in [0.2, 0.25) is 0 Å². The first-order valence-electron chi connectivity index (χ1n) is 9.88. The van der Waals surface area contributed by atoms with Crippen LogP contribution in [0.25, 0.3) is 0 Å². The molecule has 0 spiro atoms. The highest BCUT2D eigenvalue weighted by molar-refractivity contribution is 8.18. The average Bonchev–Trinajstić information content (AvgIpc) is 3.28. The van der Waals surface area contributed by atoms with Gasteiger partial charge in [0.1, 0.15) is 0 Å². The molecule has 0 radical (unpaired) electrons. The Bertz CT molecular complexity index is 715. The maximum atomic E-state index is 5.42. The summed E-state index contributed by atoms with van der Waals surface area (Å²) in [5.41, 5.74) is 1.29. The van der Waals surface area contributed by atoms with E-state index < -0.39 is 0 Å².